The molecule has 0 radical (unpaired) electrons. The second-order valence-electron chi connectivity index (χ2n) is 3.76. The van der Waals surface area contributed by atoms with Crippen molar-refractivity contribution in [3.05, 3.63) is 34.7 Å². The van der Waals surface area contributed by atoms with Crippen LogP contribution >= 0.6 is 10.5 Å². The average molecular weight is 281 g/mol. The third-order valence-electron chi connectivity index (χ3n) is 2.54. The van der Waals surface area contributed by atoms with Gasteiger partial charge in [-0.3, -0.25) is 0 Å². The van der Waals surface area contributed by atoms with Crippen LogP contribution in [0.5, 0.6) is 0 Å². The topological polar surface area (TPSA) is 0 Å². The molecule has 0 saturated carbocycles. The van der Waals surface area contributed by atoms with Gasteiger partial charge in [0.25, 0.3) is 0 Å². The number of halogens is 4. The van der Waals surface area contributed by atoms with E-state index >= 15 is 0 Å². The number of alkyl halides is 3. The van der Waals surface area contributed by atoms with Crippen LogP contribution in [0.4, 0.5) is 13.2 Å². The van der Waals surface area contributed by atoms with Gasteiger partial charge in [-0.05, 0) is 19.1 Å². The fourth-order valence-electron chi connectivity index (χ4n) is 1.86. The Balaban J connectivity index is 0.00000144. The molecule has 0 bridgehead atoms. The van der Waals surface area contributed by atoms with Gasteiger partial charge in [0, 0.05) is 17.9 Å². The SMILES string of the molecule is CCc1cc2cc(C)ccc2[s+]1C(F)(F)F.[Cl-]. The van der Waals surface area contributed by atoms with Gasteiger partial charge in [-0.2, -0.15) is 0 Å². The highest BCUT2D eigenvalue weighted by atomic mass is 35.5. The molecule has 0 amide bonds. The summed E-state index contributed by atoms with van der Waals surface area (Å²) in [6.45, 7) is 3.67. The highest BCUT2D eigenvalue weighted by molar-refractivity contribution is 7.38. The zero-order valence-electron chi connectivity index (χ0n) is 9.44. The van der Waals surface area contributed by atoms with E-state index in [0.29, 0.717) is 16.0 Å². The third-order valence-corrected chi connectivity index (χ3v) is 4.75. The zero-order valence-corrected chi connectivity index (χ0v) is 11.0. The summed E-state index contributed by atoms with van der Waals surface area (Å²) in [6.07, 6.45) is 0.455. The first kappa shape index (κ1) is 14.3. The van der Waals surface area contributed by atoms with Crippen molar-refractivity contribution in [3.8, 4) is 0 Å². The summed E-state index contributed by atoms with van der Waals surface area (Å²) in [5, 5.41) is 0.734. The largest absolute Gasteiger partial charge is 1.00 e. The molecule has 1 aromatic carbocycles. The van der Waals surface area contributed by atoms with Crippen molar-refractivity contribution >= 4 is 20.6 Å². The van der Waals surface area contributed by atoms with E-state index in [4.69, 9.17) is 0 Å². The molecular weight excluding hydrogens is 269 g/mol. The van der Waals surface area contributed by atoms with Crippen molar-refractivity contribution in [2.75, 3.05) is 0 Å². The fraction of sp³-hybridized carbons (Fsp3) is 0.333. The van der Waals surface area contributed by atoms with Crippen molar-refractivity contribution in [1.29, 1.82) is 0 Å². The number of benzene rings is 1. The Hall–Kier alpha value is -0.740. The number of aryl methyl sites for hydroxylation is 2. The van der Waals surface area contributed by atoms with Crippen LogP contribution in [0.3, 0.4) is 0 Å². The molecule has 17 heavy (non-hydrogen) atoms. The van der Waals surface area contributed by atoms with Gasteiger partial charge in [-0.1, -0.05) is 18.6 Å². The van der Waals surface area contributed by atoms with Crippen LogP contribution in [0.15, 0.2) is 24.3 Å². The van der Waals surface area contributed by atoms with E-state index in [9.17, 15) is 13.2 Å². The molecule has 2 aromatic rings. The first-order chi connectivity index (χ1) is 7.43. The maximum atomic E-state index is 12.9. The summed E-state index contributed by atoms with van der Waals surface area (Å²) in [5.74, 6) is 0. The predicted molar refractivity (Wildman–Crippen MR) is 61.8 cm³/mol. The summed E-state index contributed by atoms with van der Waals surface area (Å²) in [7, 11) is -1.70. The summed E-state index contributed by atoms with van der Waals surface area (Å²) >= 11 is 0. The van der Waals surface area contributed by atoms with Gasteiger partial charge in [-0.25, -0.2) is 0 Å². The molecule has 1 aromatic heterocycles. The van der Waals surface area contributed by atoms with E-state index in [2.05, 4.69) is 0 Å². The minimum Gasteiger partial charge on any atom is -1.00 e. The molecule has 0 saturated heterocycles. The van der Waals surface area contributed by atoms with Gasteiger partial charge in [0.2, 0.25) is 0 Å². The van der Waals surface area contributed by atoms with E-state index in [1.54, 1.807) is 25.1 Å². The molecule has 0 aliphatic rings. The van der Waals surface area contributed by atoms with Gasteiger partial charge in [0.1, 0.15) is 0 Å². The highest BCUT2D eigenvalue weighted by Crippen LogP contribution is 2.50. The van der Waals surface area contributed by atoms with Gasteiger partial charge in [0.05, 0.1) is 10.5 Å². The van der Waals surface area contributed by atoms with E-state index in [1.165, 1.54) is 0 Å². The summed E-state index contributed by atoms with van der Waals surface area (Å²) in [5.41, 5.74) is -3.15. The smallest absolute Gasteiger partial charge is 0.600 e. The molecule has 1 unspecified atom stereocenters. The first-order valence-electron chi connectivity index (χ1n) is 5.06. The van der Waals surface area contributed by atoms with Crippen molar-refractivity contribution in [3.63, 3.8) is 0 Å². The number of rotatable bonds is 1. The Kier molecular flexibility index (Phi) is 4.10. The normalized spacial score (nSPS) is 12.6. The van der Waals surface area contributed by atoms with Crippen LogP contribution in [-0.2, 0) is 11.9 Å². The Morgan fingerprint density at radius 2 is 1.82 bits per heavy atom. The van der Waals surface area contributed by atoms with Gasteiger partial charge in [0.15, 0.2) is 9.58 Å². The van der Waals surface area contributed by atoms with E-state index in [-0.39, 0.29) is 12.4 Å². The lowest BCUT2D eigenvalue weighted by Gasteiger charge is -1.98. The fourth-order valence-corrected chi connectivity index (χ4v) is 3.78. The Labute approximate surface area is 107 Å². The van der Waals surface area contributed by atoms with Gasteiger partial charge < -0.3 is 12.4 Å². The van der Waals surface area contributed by atoms with Crippen LogP contribution in [0.2, 0.25) is 0 Å². The second kappa shape index (κ2) is 4.86. The minimum absolute atomic E-state index is 0. The molecule has 1 heterocycles. The van der Waals surface area contributed by atoms with Gasteiger partial charge in [-0.15, -0.1) is 13.2 Å². The lowest BCUT2D eigenvalue weighted by Crippen LogP contribution is -3.00. The van der Waals surface area contributed by atoms with Crippen LogP contribution in [0.1, 0.15) is 17.4 Å². The predicted octanol–water partition coefficient (Wildman–Crippen LogP) is 1.94. The molecule has 94 valence electrons. The molecule has 0 aliphatic carbocycles. The molecule has 0 nitrogen and oxygen atoms in total. The van der Waals surface area contributed by atoms with Crippen molar-refractivity contribution in [2.45, 2.75) is 25.8 Å². The third kappa shape index (κ3) is 2.58. The lowest BCUT2D eigenvalue weighted by molar-refractivity contribution is -0.0867. The van der Waals surface area contributed by atoms with Gasteiger partial charge >= 0.3 is 5.51 Å². The Morgan fingerprint density at radius 3 is 2.35 bits per heavy atom. The number of hydrogen-bond donors (Lipinski definition) is 0. The summed E-state index contributed by atoms with van der Waals surface area (Å²) in [4.78, 5) is 0.494. The van der Waals surface area contributed by atoms with Crippen LogP contribution < -0.4 is 12.4 Å². The molecule has 0 spiro atoms. The van der Waals surface area contributed by atoms with Crippen LogP contribution in [0, 0.1) is 6.92 Å². The van der Waals surface area contributed by atoms with Crippen LogP contribution in [0.25, 0.3) is 10.1 Å². The number of hydrogen-bond acceptors (Lipinski definition) is 0. The molecule has 2 rings (SSSR count). The van der Waals surface area contributed by atoms with E-state index < -0.39 is 16.0 Å². The average Bonchev–Trinajstić information content (AvgIpc) is 2.54. The maximum Gasteiger partial charge on any atom is 0.600 e. The Morgan fingerprint density at radius 1 is 1.18 bits per heavy atom. The van der Waals surface area contributed by atoms with Crippen molar-refractivity contribution < 1.29 is 25.6 Å². The standard InChI is InChI=1S/C12H12F3S.ClH/c1-3-10-7-9-6-8(2)4-5-11(9)16(10)12(13,14)15;/h4-7H,3H2,1-2H3;1H/q+1;/p-1. The van der Waals surface area contributed by atoms with E-state index in [0.717, 1.165) is 10.9 Å². The summed E-state index contributed by atoms with van der Waals surface area (Å²) < 4.78 is 39.3. The molecule has 5 heteroatoms. The molecule has 0 N–H and O–H groups in total. The first-order valence-corrected chi connectivity index (χ1v) is 6.28. The van der Waals surface area contributed by atoms with Crippen molar-refractivity contribution in [1.82, 2.24) is 0 Å². The molecule has 0 fully saturated rings. The monoisotopic (exact) mass is 280 g/mol. The number of thiophene rings is 1. The summed E-state index contributed by atoms with van der Waals surface area (Å²) in [6, 6.07) is 6.88. The molecule has 0 aliphatic heterocycles. The number of fused-ring (bicyclic) bond motifs is 1. The highest BCUT2D eigenvalue weighted by Gasteiger charge is 2.47. The maximum absolute atomic E-state index is 12.9. The minimum atomic E-state index is -4.15. The lowest BCUT2D eigenvalue weighted by atomic mass is 10.2. The van der Waals surface area contributed by atoms with Crippen LogP contribution in [-0.4, -0.2) is 0 Å². The van der Waals surface area contributed by atoms with E-state index in [1.807, 2.05) is 13.0 Å². The zero-order chi connectivity index (χ0) is 11.9. The quantitative estimate of drug-likeness (QED) is 0.701. The molecule has 1 atom stereocenters. The Bertz CT molecular complexity index is 528. The molecular formula is C12H12ClF3S. The second-order valence-corrected chi connectivity index (χ2v) is 5.80. The van der Waals surface area contributed by atoms with Crippen molar-refractivity contribution in [2.24, 2.45) is 0 Å².